The fourth-order valence-electron chi connectivity index (χ4n) is 2.41. The van der Waals surface area contributed by atoms with Gasteiger partial charge in [0.25, 0.3) is 0 Å². The zero-order chi connectivity index (χ0) is 12.6. The molecule has 1 aromatic rings. The number of hydrogen-bond donors (Lipinski definition) is 1. The van der Waals surface area contributed by atoms with E-state index in [2.05, 4.69) is 44.7 Å². The van der Waals surface area contributed by atoms with E-state index in [1.165, 1.54) is 18.7 Å². The third kappa shape index (κ3) is 2.63. The highest BCUT2D eigenvalue weighted by molar-refractivity contribution is 5.41. The maximum absolute atomic E-state index is 5.83. The number of benzene rings is 1. The van der Waals surface area contributed by atoms with Gasteiger partial charge in [-0.1, -0.05) is 32.9 Å². The molecule has 0 amide bonds. The standard InChI is InChI=1S/C15H24N2/c1-11(12-6-5-7-14(16)8-12)17-9-13(10-17)15(2,3)4/h5-8,11,13H,9-10,16H2,1-4H3. The van der Waals surface area contributed by atoms with Gasteiger partial charge in [0, 0.05) is 24.8 Å². The van der Waals surface area contributed by atoms with Crippen LogP contribution in [0.2, 0.25) is 0 Å². The molecule has 1 aliphatic rings. The molecule has 2 rings (SSSR count). The molecule has 0 bridgehead atoms. The maximum Gasteiger partial charge on any atom is 0.0320 e. The minimum Gasteiger partial charge on any atom is -0.399 e. The molecular weight excluding hydrogens is 208 g/mol. The minimum atomic E-state index is 0.436. The van der Waals surface area contributed by atoms with E-state index in [1.54, 1.807) is 0 Å². The first-order chi connectivity index (χ1) is 7.88. The number of likely N-dealkylation sites (tertiary alicyclic amines) is 1. The Kier molecular flexibility index (Phi) is 3.17. The summed E-state index contributed by atoms with van der Waals surface area (Å²) in [7, 11) is 0. The SMILES string of the molecule is CC(c1cccc(N)c1)N1CC(C(C)(C)C)C1. The van der Waals surface area contributed by atoms with Gasteiger partial charge < -0.3 is 5.73 Å². The quantitative estimate of drug-likeness (QED) is 0.793. The van der Waals surface area contributed by atoms with Crippen molar-refractivity contribution in [3.63, 3.8) is 0 Å². The molecule has 1 fully saturated rings. The van der Waals surface area contributed by atoms with Gasteiger partial charge in [-0.15, -0.1) is 0 Å². The summed E-state index contributed by atoms with van der Waals surface area (Å²) in [5, 5.41) is 0. The number of nitrogen functional groups attached to an aromatic ring is 1. The Morgan fingerprint density at radius 2 is 1.94 bits per heavy atom. The molecule has 2 N–H and O–H groups in total. The van der Waals surface area contributed by atoms with Crippen molar-refractivity contribution in [3.8, 4) is 0 Å². The summed E-state index contributed by atoms with van der Waals surface area (Å²) in [6, 6.07) is 8.74. The molecule has 2 nitrogen and oxygen atoms in total. The molecule has 94 valence electrons. The van der Waals surface area contributed by atoms with Gasteiger partial charge in [0.05, 0.1) is 0 Å². The van der Waals surface area contributed by atoms with Crippen LogP contribution in [0, 0.1) is 11.3 Å². The smallest absolute Gasteiger partial charge is 0.0320 e. The van der Waals surface area contributed by atoms with E-state index in [-0.39, 0.29) is 0 Å². The van der Waals surface area contributed by atoms with Crippen LogP contribution in [0.3, 0.4) is 0 Å². The van der Waals surface area contributed by atoms with Crippen molar-refractivity contribution in [2.45, 2.75) is 33.7 Å². The molecule has 1 atom stereocenters. The summed E-state index contributed by atoms with van der Waals surface area (Å²) < 4.78 is 0. The average molecular weight is 232 g/mol. The first kappa shape index (κ1) is 12.4. The van der Waals surface area contributed by atoms with Crippen molar-refractivity contribution in [3.05, 3.63) is 29.8 Å². The van der Waals surface area contributed by atoms with Gasteiger partial charge in [-0.3, -0.25) is 4.90 Å². The van der Waals surface area contributed by atoms with E-state index in [0.29, 0.717) is 11.5 Å². The van der Waals surface area contributed by atoms with E-state index < -0.39 is 0 Å². The second-order valence-corrected chi connectivity index (χ2v) is 6.36. The van der Waals surface area contributed by atoms with Crippen LogP contribution in [-0.2, 0) is 0 Å². The minimum absolute atomic E-state index is 0.436. The van der Waals surface area contributed by atoms with Crippen LogP contribution in [0.4, 0.5) is 5.69 Å². The Labute approximate surface area is 105 Å². The van der Waals surface area contributed by atoms with Crippen LogP contribution >= 0.6 is 0 Å². The van der Waals surface area contributed by atoms with E-state index in [0.717, 1.165) is 11.6 Å². The van der Waals surface area contributed by atoms with Crippen LogP contribution in [-0.4, -0.2) is 18.0 Å². The Morgan fingerprint density at radius 3 is 2.47 bits per heavy atom. The van der Waals surface area contributed by atoms with Crippen LogP contribution < -0.4 is 5.73 Å². The van der Waals surface area contributed by atoms with Gasteiger partial charge in [0.2, 0.25) is 0 Å². The highest BCUT2D eigenvalue weighted by Crippen LogP contribution is 2.38. The highest BCUT2D eigenvalue weighted by atomic mass is 15.2. The predicted octanol–water partition coefficient (Wildman–Crippen LogP) is 3.31. The normalized spacial score (nSPS) is 20.0. The lowest BCUT2D eigenvalue weighted by Gasteiger charge is -2.49. The Bertz CT molecular complexity index is 386. The second-order valence-electron chi connectivity index (χ2n) is 6.36. The van der Waals surface area contributed by atoms with Crippen molar-refractivity contribution >= 4 is 5.69 Å². The summed E-state index contributed by atoms with van der Waals surface area (Å²) in [4.78, 5) is 2.53. The highest BCUT2D eigenvalue weighted by Gasteiger charge is 2.37. The van der Waals surface area contributed by atoms with Crippen molar-refractivity contribution in [2.24, 2.45) is 11.3 Å². The molecular formula is C15H24N2. The van der Waals surface area contributed by atoms with Gasteiger partial charge in [0.1, 0.15) is 0 Å². The van der Waals surface area contributed by atoms with Gasteiger partial charge in [-0.05, 0) is 36.0 Å². The first-order valence-corrected chi connectivity index (χ1v) is 6.47. The summed E-state index contributed by atoms with van der Waals surface area (Å²) in [6.07, 6.45) is 0. The molecule has 0 saturated carbocycles. The van der Waals surface area contributed by atoms with E-state index in [9.17, 15) is 0 Å². The Morgan fingerprint density at radius 1 is 1.29 bits per heavy atom. The fourth-order valence-corrected chi connectivity index (χ4v) is 2.41. The number of nitrogens with two attached hydrogens (primary N) is 1. The average Bonchev–Trinajstić information content (AvgIpc) is 2.12. The predicted molar refractivity (Wildman–Crippen MR) is 73.8 cm³/mol. The third-order valence-corrected chi connectivity index (χ3v) is 4.08. The molecule has 1 unspecified atom stereocenters. The summed E-state index contributed by atoms with van der Waals surface area (Å²) in [5.41, 5.74) is 8.46. The molecule has 0 spiro atoms. The van der Waals surface area contributed by atoms with Crippen LogP contribution in [0.5, 0.6) is 0 Å². The molecule has 2 heteroatoms. The molecule has 1 heterocycles. The topological polar surface area (TPSA) is 29.3 Å². The van der Waals surface area contributed by atoms with Crippen LogP contribution in [0.1, 0.15) is 39.3 Å². The molecule has 0 radical (unpaired) electrons. The lowest BCUT2D eigenvalue weighted by atomic mass is 9.75. The van der Waals surface area contributed by atoms with E-state index in [4.69, 9.17) is 5.73 Å². The van der Waals surface area contributed by atoms with E-state index in [1.807, 2.05) is 12.1 Å². The number of nitrogens with zero attached hydrogens (tertiary/aromatic N) is 1. The lowest BCUT2D eigenvalue weighted by Crippen LogP contribution is -2.52. The second kappa shape index (κ2) is 4.34. The van der Waals surface area contributed by atoms with Crippen LogP contribution in [0.15, 0.2) is 24.3 Å². The van der Waals surface area contributed by atoms with Gasteiger partial charge in [-0.25, -0.2) is 0 Å². The van der Waals surface area contributed by atoms with Gasteiger partial charge in [-0.2, -0.15) is 0 Å². The molecule has 0 aliphatic carbocycles. The van der Waals surface area contributed by atoms with Gasteiger partial charge >= 0.3 is 0 Å². The van der Waals surface area contributed by atoms with Crippen molar-refractivity contribution in [1.82, 2.24) is 4.90 Å². The largest absolute Gasteiger partial charge is 0.399 e. The number of rotatable bonds is 2. The summed E-state index contributed by atoms with van der Waals surface area (Å²) in [6.45, 7) is 11.7. The Balaban J connectivity index is 1.98. The summed E-state index contributed by atoms with van der Waals surface area (Å²) >= 11 is 0. The lowest BCUT2D eigenvalue weighted by molar-refractivity contribution is -0.00268. The van der Waals surface area contributed by atoms with E-state index >= 15 is 0 Å². The first-order valence-electron chi connectivity index (χ1n) is 6.47. The van der Waals surface area contributed by atoms with Gasteiger partial charge in [0.15, 0.2) is 0 Å². The molecule has 0 aromatic heterocycles. The molecule has 1 saturated heterocycles. The van der Waals surface area contributed by atoms with Crippen molar-refractivity contribution in [1.29, 1.82) is 0 Å². The zero-order valence-electron chi connectivity index (χ0n) is 11.4. The number of anilines is 1. The van der Waals surface area contributed by atoms with Crippen molar-refractivity contribution < 1.29 is 0 Å². The zero-order valence-corrected chi connectivity index (χ0v) is 11.4. The monoisotopic (exact) mass is 232 g/mol. The third-order valence-electron chi connectivity index (χ3n) is 4.08. The molecule has 1 aliphatic heterocycles. The molecule has 17 heavy (non-hydrogen) atoms. The van der Waals surface area contributed by atoms with Crippen LogP contribution in [0.25, 0.3) is 0 Å². The summed E-state index contributed by atoms with van der Waals surface area (Å²) in [5.74, 6) is 0.825. The Hall–Kier alpha value is -1.02. The number of hydrogen-bond acceptors (Lipinski definition) is 2. The van der Waals surface area contributed by atoms with Crippen molar-refractivity contribution in [2.75, 3.05) is 18.8 Å². The molecule has 1 aromatic carbocycles. The maximum atomic E-state index is 5.83. The fraction of sp³-hybridized carbons (Fsp3) is 0.600.